The minimum atomic E-state index is -0.775. The molecule has 3 rings (SSSR count). The SMILES string of the molecule is Cn1cc(CCC(C)(O)c2ccc3c(c2)CCCC3)cn1. The third-order valence-electron chi connectivity index (χ3n) is 4.63. The molecule has 1 N–H and O–H groups in total. The molecule has 1 aliphatic rings. The Hall–Kier alpha value is -1.61. The fourth-order valence-corrected chi connectivity index (χ4v) is 3.20. The van der Waals surface area contributed by atoms with Crippen molar-refractivity contribution in [1.82, 2.24) is 9.78 Å². The summed E-state index contributed by atoms with van der Waals surface area (Å²) in [6.45, 7) is 1.92. The molecule has 0 spiro atoms. The number of hydrogen-bond donors (Lipinski definition) is 1. The molecule has 3 nitrogen and oxygen atoms in total. The van der Waals surface area contributed by atoms with Crippen LogP contribution in [0, 0.1) is 0 Å². The zero-order chi connectivity index (χ0) is 14.9. The van der Waals surface area contributed by atoms with E-state index < -0.39 is 5.60 Å². The number of fused-ring (bicyclic) bond motifs is 1. The Labute approximate surface area is 126 Å². The lowest BCUT2D eigenvalue weighted by molar-refractivity contribution is 0.0479. The fraction of sp³-hybridized carbons (Fsp3) is 0.500. The topological polar surface area (TPSA) is 38.0 Å². The molecular weight excluding hydrogens is 260 g/mol. The first-order valence-corrected chi connectivity index (χ1v) is 7.87. The van der Waals surface area contributed by atoms with Crippen LogP contribution in [0.3, 0.4) is 0 Å². The van der Waals surface area contributed by atoms with Crippen molar-refractivity contribution in [1.29, 1.82) is 0 Å². The zero-order valence-electron chi connectivity index (χ0n) is 13.0. The summed E-state index contributed by atoms with van der Waals surface area (Å²) in [7, 11) is 1.92. The van der Waals surface area contributed by atoms with E-state index in [0.29, 0.717) is 0 Å². The number of benzene rings is 1. The lowest BCUT2D eigenvalue weighted by Gasteiger charge is -2.26. The first-order chi connectivity index (χ1) is 10.0. The van der Waals surface area contributed by atoms with Crippen LogP contribution in [0.1, 0.15) is 48.4 Å². The van der Waals surface area contributed by atoms with Crippen molar-refractivity contribution >= 4 is 0 Å². The van der Waals surface area contributed by atoms with Crippen LogP contribution < -0.4 is 0 Å². The van der Waals surface area contributed by atoms with Gasteiger partial charge in [0.1, 0.15) is 0 Å². The van der Waals surface area contributed by atoms with Crippen LogP contribution in [0.15, 0.2) is 30.6 Å². The Morgan fingerprint density at radius 1 is 1.24 bits per heavy atom. The number of rotatable bonds is 4. The highest BCUT2D eigenvalue weighted by atomic mass is 16.3. The van der Waals surface area contributed by atoms with Gasteiger partial charge in [-0.25, -0.2) is 0 Å². The molecule has 0 radical (unpaired) electrons. The molecule has 0 amide bonds. The smallest absolute Gasteiger partial charge is 0.0871 e. The summed E-state index contributed by atoms with van der Waals surface area (Å²) < 4.78 is 1.81. The predicted molar refractivity (Wildman–Crippen MR) is 84.2 cm³/mol. The molecule has 112 valence electrons. The van der Waals surface area contributed by atoms with Crippen molar-refractivity contribution in [2.24, 2.45) is 7.05 Å². The van der Waals surface area contributed by atoms with Gasteiger partial charge in [-0.3, -0.25) is 4.68 Å². The number of aliphatic hydroxyl groups is 1. The summed E-state index contributed by atoms with van der Waals surface area (Å²) in [5.41, 5.74) is 4.35. The van der Waals surface area contributed by atoms with E-state index >= 15 is 0 Å². The largest absolute Gasteiger partial charge is 0.385 e. The van der Waals surface area contributed by atoms with Gasteiger partial charge in [0.05, 0.1) is 11.8 Å². The molecule has 0 saturated heterocycles. The van der Waals surface area contributed by atoms with Gasteiger partial charge in [0.15, 0.2) is 0 Å². The third-order valence-corrected chi connectivity index (χ3v) is 4.63. The number of hydrogen-bond acceptors (Lipinski definition) is 2. The summed E-state index contributed by atoms with van der Waals surface area (Å²) in [5.74, 6) is 0. The van der Waals surface area contributed by atoms with Gasteiger partial charge < -0.3 is 5.11 Å². The molecular formula is C18H24N2O. The number of nitrogens with zero attached hydrogens (tertiary/aromatic N) is 2. The van der Waals surface area contributed by atoms with Gasteiger partial charge in [-0.05, 0) is 67.7 Å². The molecule has 0 bridgehead atoms. The molecule has 21 heavy (non-hydrogen) atoms. The summed E-state index contributed by atoms with van der Waals surface area (Å²) in [6, 6.07) is 6.54. The first-order valence-electron chi connectivity index (χ1n) is 7.87. The van der Waals surface area contributed by atoms with E-state index in [9.17, 15) is 5.11 Å². The second-order valence-corrected chi connectivity index (χ2v) is 6.49. The van der Waals surface area contributed by atoms with Crippen molar-refractivity contribution in [2.75, 3.05) is 0 Å². The molecule has 1 heterocycles. The Bertz CT molecular complexity index is 628. The average molecular weight is 284 g/mol. The molecule has 1 unspecified atom stereocenters. The van der Waals surface area contributed by atoms with E-state index in [2.05, 4.69) is 23.3 Å². The second kappa shape index (κ2) is 5.64. The van der Waals surface area contributed by atoms with E-state index in [1.54, 1.807) is 0 Å². The van der Waals surface area contributed by atoms with Crippen LogP contribution in [-0.2, 0) is 31.9 Å². The summed E-state index contributed by atoms with van der Waals surface area (Å²) >= 11 is 0. The van der Waals surface area contributed by atoms with Crippen molar-refractivity contribution in [3.05, 3.63) is 52.8 Å². The highest BCUT2D eigenvalue weighted by Crippen LogP contribution is 2.30. The van der Waals surface area contributed by atoms with Crippen LogP contribution >= 0.6 is 0 Å². The Balaban J connectivity index is 1.74. The quantitative estimate of drug-likeness (QED) is 0.936. The van der Waals surface area contributed by atoms with Gasteiger partial charge in [-0.15, -0.1) is 0 Å². The molecule has 1 aromatic carbocycles. The molecule has 1 aromatic heterocycles. The van der Waals surface area contributed by atoms with Gasteiger partial charge in [0.2, 0.25) is 0 Å². The van der Waals surface area contributed by atoms with Crippen LogP contribution in [0.2, 0.25) is 0 Å². The summed E-state index contributed by atoms with van der Waals surface area (Å²) in [5, 5.41) is 15.0. The van der Waals surface area contributed by atoms with E-state index in [1.165, 1.54) is 36.0 Å². The van der Waals surface area contributed by atoms with E-state index in [4.69, 9.17) is 0 Å². The van der Waals surface area contributed by atoms with Crippen molar-refractivity contribution < 1.29 is 5.11 Å². The van der Waals surface area contributed by atoms with E-state index in [1.807, 2.05) is 31.0 Å². The van der Waals surface area contributed by atoms with Crippen molar-refractivity contribution in [3.63, 3.8) is 0 Å². The highest BCUT2D eigenvalue weighted by Gasteiger charge is 2.24. The maximum atomic E-state index is 10.8. The minimum Gasteiger partial charge on any atom is -0.385 e. The van der Waals surface area contributed by atoms with Gasteiger partial charge in [0.25, 0.3) is 0 Å². The molecule has 0 saturated carbocycles. The molecule has 0 aliphatic heterocycles. The monoisotopic (exact) mass is 284 g/mol. The Morgan fingerprint density at radius 3 is 2.71 bits per heavy atom. The van der Waals surface area contributed by atoms with E-state index in [0.717, 1.165) is 24.8 Å². The summed E-state index contributed by atoms with van der Waals surface area (Å²) in [4.78, 5) is 0. The van der Waals surface area contributed by atoms with Crippen LogP contribution in [0.4, 0.5) is 0 Å². The van der Waals surface area contributed by atoms with Crippen molar-refractivity contribution in [3.8, 4) is 0 Å². The molecule has 3 heteroatoms. The van der Waals surface area contributed by atoms with E-state index in [-0.39, 0.29) is 0 Å². The molecule has 2 aromatic rings. The predicted octanol–water partition coefficient (Wildman–Crippen LogP) is 3.14. The van der Waals surface area contributed by atoms with Crippen LogP contribution in [0.25, 0.3) is 0 Å². The van der Waals surface area contributed by atoms with Gasteiger partial charge in [-0.1, -0.05) is 18.2 Å². The van der Waals surface area contributed by atoms with Gasteiger partial charge in [-0.2, -0.15) is 5.10 Å². The average Bonchev–Trinajstić information content (AvgIpc) is 2.90. The number of aromatic nitrogens is 2. The van der Waals surface area contributed by atoms with Crippen LogP contribution in [0.5, 0.6) is 0 Å². The minimum absolute atomic E-state index is 0.720. The van der Waals surface area contributed by atoms with Crippen molar-refractivity contribution in [2.45, 2.75) is 51.0 Å². The van der Waals surface area contributed by atoms with Gasteiger partial charge in [0, 0.05) is 13.2 Å². The molecule has 1 atom stereocenters. The fourth-order valence-electron chi connectivity index (χ4n) is 3.20. The van der Waals surface area contributed by atoms with Gasteiger partial charge >= 0.3 is 0 Å². The maximum Gasteiger partial charge on any atom is 0.0871 e. The molecule has 1 aliphatic carbocycles. The second-order valence-electron chi connectivity index (χ2n) is 6.49. The first kappa shape index (κ1) is 14.3. The van der Waals surface area contributed by atoms with Crippen LogP contribution in [-0.4, -0.2) is 14.9 Å². The maximum absolute atomic E-state index is 10.8. The standard InChI is InChI=1S/C18H24N2O/c1-18(21,10-9-14-12-19-20(2)13-14)17-8-7-15-5-3-4-6-16(15)11-17/h7-8,11-13,21H,3-6,9-10H2,1-2H3. The lowest BCUT2D eigenvalue weighted by Crippen LogP contribution is -2.22. The molecule has 0 fully saturated rings. The number of aryl methyl sites for hydroxylation is 4. The normalized spacial score (nSPS) is 17.3. The third kappa shape index (κ3) is 3.18. The summed E-state index contributed by atoms with van der Waals surface area (Å²) in [6.07, 6.45) is 10.4. The zero-order valence-corrected chi connectivity index (χ0v) is 13.0. The Morgan fingerprint density at radius 2 is 2.00 bits per heavy atom. The Kier molecular flexibility index (Phi) is 3.85. The lowest BCUT2D eigenvalue weighted by atomic mass is 9.84. The highest BCUT2D eigenvalue weighted by molar-refractivity contribution is 5.36.